The monoisotopic (exact) mass is 507 g/mol. The molecule has 2 amide bonds. The van der Waals surface area contributed by atoms with E-state index < -0.39 is 17.2 Å². The van der Waals surface area contributed by atoms with Gasteiger partial charge in [0.05, 0.1) is 11.1 Å². The summed E-state index contributed by atoms with van der Waals surface area (Å²) in [7, 11) is 2.02. The molecule has 0 radical (unpaired) electrons. The van der Waals surface area contributed by atoms with Crippen LogP contribution in [0.15, 0.2) is 51.7 Å². The van der Waals surface area contributed by atoms with Crippen LogP contribution in [0.4, 0.5) is 21.5 Å². The minimum atomic E-state index is -0.560. The van der Waals surface area contributed by atoms with Crippen molar-refractivity contribution < 1.29 is 18.4 Å². The number of amides is 2. The van der Waals surface area contributed by atoms with Crippen molar-refractivity contribution in [1.29, 1.82) is 0 Å². The van der Waals surface area contributed by atoms with Crippen LogP contribution in [0.1, 0.15) is 17.5 Å². The summed E-state index contributed by atoms with van der Waals surface area (Å²) < 4.78 is 20.3. The molecular formula is C27H30FN5O4. The van der Waals surface area contributed by atoms with Crippen LogP contribution in [0.2, 0.25) is 0 Å². The van der Waals surface area contributed by atoms with Gasteiger partial charge in [-0.05, 0) is 37.4 Å². The molecule has 3 heterocycles. The van der Waals surface area contributed by atoms with E-state index in [1.165, 1.54) is 6.07 Å². The average Bonchev–Trinajstić information content (AvgIpc) is 2.89. The van der Waals surface area contributed by atoms with E-state index in [9.17, 15) is 18.8 Å². The first kappa shape index (κ1) is 24.8. The smallest absolute Gasteiger partial charge is 0.291 e. The fraction of sp³-hybridized carbons (Fsp3) is 0.370. The van der Waals surface area contributed by atoms with Gasteiger partial charge in [0.15, 0.2) is 16.8 Å². The van der Waals surface area contributed by atoms with Gasteiger partial charge in [-0.3, -0.25) is 14.4 Å². The Labute approximate surface area is 214 Å². The Bertz CT molecular complexity index is 1370. The maximum Gasteiger partial charge on any atom is 0.291 e. The molecule has 3 aromatic rings. The van der Waals surface area contributed by atoms with Gasteiger partial charge in [0.25, 0.3) is 5.91 Å². The van der Waals surface area contributed by atoms with Crippen LogP contribution >= 0.6 is 0 Å². The van der Waals surface area contributed by atoms with E-state index in [2.05, 4.69) is 15.1 Å². The topological polar surface area (TPSA) is 89.3 Å². The van der Waals surface area contributed by atoms with E-state index in [1.54, 1.807) is 19.1 Å². The van der Waals surface area contributed by atoms with Crippen LogP contribution in [0.3, 0.4) is 0 Å². The first-order valence-corrected chi connectivity index (χ1v) is 12.4. The minimum Gasteiger partial charge on any atom is -0.448 e. The van der Waals surface area contributed by atoms with E-state index in [-0.39, 0.29) is 22.6 Å². The lowest BCUT2D eigenvalue weighted by Gasteiger charge is -2.35. The molecule has 194 valence electrons. The zero-order valence-electron chi connectivity index (χ0n) is 21.0. The van der Waals surface area contributed by atoms with Crippen LogP contribution < -0.4 is 20.5 Å². The molecule has 2 aromatic carbocycles. The molecule has 2 aliphatic heterocycles. The predicted octanol–water partition coefficient (Wildman–Crippen LogP) is 2.60. The van der Waals surface area contributed by atoms with Gasteiger partial charge in [-0.2, -0.15) is 0 Å². The summed E-state index contributed by atoms with van der Waals surface area (Å²) in [6, 6.07) is 11.0. The predicted molar refractivity (Wildman–Crippen MR) is 141 cm³/mol. The molecule has 9 nitrogen and oxygen atoms in total. The SMILES string of the molecule is CC(=O)N1CCN(c2ccc(NC(=O)c3cc(=O)c4cc(F)cc(N5CCN(C)CC5)c4o3)cc2)CC1. The minimum absolute atomic E-state index is 0.0823. The highest BCUT2D eigenvalue weighted by atomic mass is 19.1. The van der Waals surface area contributed by atoms with Gasteiger partial charge in [-0.15, -0.1) is 0 Å². The van der Waals surface area contributed by atoms with Crippen molar-refractivity contribution in [3.05, 3.63) is 64.3 Å². The number of piperazine rings is 2. The van der Waals surface area contributed by atoms with Crippen molar-refractivity contribution in [2.75, 3.05) is 74.5 Å². The van der Waals surface area contributed by atoms with E-state index in [0.717, 1.165) is 44.0 Å². The lowest BCUT2D eigenvalue weighted by Crippen LogP contribution is -2.48. The van der Waals surface area contributed by atoms with Gasteiger partial charge < -0.3 is 29.3 Å². The second-order valence-corrected chi connectivity index (χ2v) is 9.56. The summed E-state index contributed by atoms with van der Waals surface area (Å²) in [5.41, 5.74) is 1.77. The number of hydrogen-bond donors (Lipinski definition) is 1. The number of halogens is 1. The Morgan fingerprint density at radius 1 is 0.892 bits per heavy atom. The van der Waals surface area contributed by atoms with Crippen molar-refractivity contribution in [2.24, 2.45) is 0 Å². The second-order valence-electron chi connectivity index (χ2n) is 9.56. The third-order valence-electron chi connectivity index (χ3n) is 7.06. The zero-order valence-corrected chi connectivity index (χ0v) is 21.0. The van der Waals surface area contributed by atoms with Crippen molar-refractivity contribution in [2.45, 2.75) is 6.92 Å². The molecule has 5 rings (SSSR count). The number of fused-ring (bicyclic) bond motifs is 1. The molecular weight excluding hydrogens is 477 g/mol. The molecule has 0 unspecified atom stereocenters. The molecule has 0 aliphatic carbocycles. The molecule has 2 fully saturated rings. The number of nitrogens with one attached hydrogen (secondary N) is 1. The van der Waals surface area contributed by atoms with E-state index in [0.29, 0.717) is 37.6 Å². The highest BCUT2D eigenvalue weighted by Gasteiger charge is 2.22. The number of benzene rings is 2. The average molecular weight is 508 g/mol. The Hall–Kier alpha value is -3.92. The number of carbonyl (C=O) groups excluding carboxylic acids is 2. The molecule has 1 aromatic heterocycles. The van der Waals surface area contributed by atoms with Gasteiger partial charge in [-0.25, -0.2) is 4.39 Å². The third kappa shape index (κ3) is 5.29. The number of rotatable bonds is 4. The Kier molecular flexibility index (Phi) is 6.84. The van der Waals surface area contributed by atoms with Gasteiger partial charge >= 0.3 is 0 Å². The van der Waals surface area contributed by atoms with E-state index in [4.69, 9.17) is 4.42 Å². The summed E-state index contributed by atoms with van der Waals surface area (Å²) >= 11 is 0. The number of carbonyl (C=O) groups is 2. The lowest BCUT2D eigenvalue weighted by molar-refractivity contribution is -0.129. The van der Waals surface area contributed by atoms with Gasteiger partial charge in [0, 0.05) is 82.8 Å². The highest BCUT2D eigenvalue weighted by molar-refractivity contribution is 6.03. The van der Waals surface area contributed by atoms with Crippen LogP contribution in [0, 0.1) is 5.82 Å². The number of nitrogens with zero attached hydrogens (tertiary/aromatic N) is 4. The molecule has 2 aliphatic rings. The first-order valence-electron chi connectivity index (χ1n) is 12.4. The number of hydrogen-bond acceptors (Lipinski definition) is 7. The third-order valence-corrected chi connectivity index (χ3v) is 7.06. The maximum absolute atomic E-state index is 14.4. The molecule has 0 atom stereocenters. The van der Waals surface area contributed by atoms with Crippen molar-refractivity contribution in [1.82, 2.24) is 9.80 Å². The number of anilines is 3. The summed E-state index contributed by atoms with van der Waals surface area (Å²) in [5.74, 6) is -1.13. The van der Waals surface area contributed by atoms with Crippen molar-refractivity contribution in [3.63, 3.8) is 0 Å². The van der Waals surface area contributed by atoms with Crippen molar-refractivity contribution >= 4 is 39.8 Å². The maximum atomic E-state index is 14.4. The first-order chi connectivity index (χ1) is 17.8. The largest absolute Gasteiger partial charge is 0.448 e. The number of likely N-dealkylation sites (N-methyl/N-ethyl adjacent to an activating group) is 1. The fourth-order valence-electron chi connectivity index (χ4n) is 4.83. The molecule has 10 heteroatoms. The van der Waals surface area contributed by atoms with Crippen molar-refractivity contribution in [3.8, 4) is 0 Å². The summed E-state index contributed by atoms with van der Waals surface area (Å²) in [4.78, 5) is 45.5. The Balaban J connectivity index is 1.34. The van der Waals surface area contributed by atoms with Crippen LogP contribution in [-0.2, 0) is 4.79 Å². The summed E-state index contributed by atoms with van der Waals surface area (Å²) in [6.07, 6.45) is 0. The quantitative estimate of drug-likeness (QED) is 0.581. The highest BCUT2D eigenvalue weighted by Crippen LogP contribution is 2.29. The Morgan fingerprint density at radius 2 is 1.54 bits per heavy atom. The molecule has 2 saturated heterocycles. The zero-order chi connectivity index (χ0) is 26.1. The van der Waals surface area contributed by atoms with Crippen LogP contribution in [0.5, 0.6) is 0 Å². The molecule has 0 saturated carbocycles. The van der Waals surface area contributed by atoms with Crippen LogP contribution in [-0.4, -0.2) is 81.0 Å². The normalized spacial score (nSPS) is 16.8. The molecule has 1 N–H and O–H groups in total. The molecule has 0 bridgehead atoms. The fourth-order valence-corrected chi connectivity index (χ4v) is 4.83. The van der Waals surface area contributed by atoms with Crippen LogP contribution in [0.25, 0.3) is 11.0 Å². The second kappa shape index (κ2) is 10.2. The summed E-state index contributed by atoms with van der Waals surface area (Å²) in [5, 5.41) is 2.89. The molecule has 0 spiro atoms. The van der Waals surface area contributed by atoms with E-state index in [1.807, 2.05) is 29.0 Å². The van der Waals surface area contributed by atoms with E-state index >= 15 is 0 Å². The molecule has 37 heavy (non-hydrogen) atoms. The van der Waals surface area contributed by atoms with Gasteiger partial charge in [-0.1, -0.05) is 0 Å². The van der Waals surface area contributed by atoms with Gasteiger partial charge in [0.2, 0.25) is 5.91 Å². The van der Waals surface area contributed by atoms with Gasteiger partial charge in [0.1, 0.15) is 5.82 Å². The Morgan fingerprint density at radius 3 is 2.19 bits per heavy atom. The summed E-state index contributed by atoms with van der Waals surface area (Å²) in [6.45, 7) is 7.32. The standard InChI is InChI=1S/C27H30FN5O4/c1-18(34)31-11-13-32(14-12-31)21-5-3-20(4-6-21)29-27(36)25-17-24(35)22-15-19(28)16-23(26(22)37-25)33-9-7-30(2)8-10-33/h3-6,15-17H,7-14H2,1-2H3,(H,29,36). The lowest BCUT2D eigenvalue weighted by atomic mass is 10.1.